The predicted octanol–water partition coefficient (Wildman–Crippen LogP) is 4.28. The second kappa shape index (κ2) is 13.3. The van der Waals surface area contributed by atoms with Gasteiger partial charge < -0.3 is 38.6 Å². The first-order valence-corrected chi connectivity index (χ1v) is 18.4. The number of aryl methyl sites for hydroxylation is 1. The molecular formula is C39H40N2O11S. The lowest BCUT2D eigenvalue weighted by atomic mass is 9.78. The number of nitrogens with zero attached hydrogens (tertiary/aromatic N) is 2. The third-order valence-corrected chi connectivity index (χ3v) is 12.1. The summed E-state index contributed by atoms with van der Waals surface area (Å²) >= 11 is 1.31. The van der Waals surface area contributed by atoms with Crippen molar-refractivity contribution in [2.45, 2.75) is 62.4 Å². The van der Waals surface area contributed by atoms with Gasteiger partial charge in [0, 0.05) is 60.0 Å². The minimum atomic E-state index is -1.53. The molecule has 0 amide bonds. The second-order valence-corrected chi connectivity index (χ2v) is 15.2. The highest BCUT2D eigenvalue weighted by atomic mass is 32.2. The van der Waals surface area contributed by atoms with Crippen LogP contribution in [-0.4, -0.2) is 95.6 Å². The lowest BCUT2D eigenvalue weighted by molar-refractivity contribution is -0.215. The van der Waals surface area contributed by atoms with E-state index >= 15 is 0 Å². The topological polar surface area (TPSA) is 154 Å². The van der Waals surface area contributed by atoms with Crippen LogP contribution >= 0.6 is 11.8 Å². The lowest BCUT2D eigenvalue weighted by Crippen LogP contribution is -2.69. The van der Waals surface area contributed by atoms with Gasteiger partial charge in [-0.05, 0) is 43.7 Å². The van der Waals surface area contributed by atoms with E-state index < -0.39 is 53.1 Å². The van der Waals surface area contributed by atoms with E-state index in [4.69, 9.17) is 28.4 Å². The summed E-state index contributed by atoms with van der Waals surface area (Å²) in [5.41, 5.74) is 3.09. The van der Waals surface area contributed by atoms with Gasteiger partial charge in [0.1, 0.15) is 18.1 Å². The smallest absolute Gasteiger partial charge is 0.348 e. The number of hydrogen-bond acceptors (Lipinski definition) is 14. The van der Waals surface area contributed by atoms with Crippen molar-refractivity contribution in [1.29, 1.82) is 0 Å². The molecule has 3 aromatic carbocycles. The Labute approximate surface area is 310 Å². The minimum Gasteiger partial charge on any atom is -0.504 e. The molecule has 7 aliphatic rings. The Balaban J connectivity index is 1.31. The van der Waals surface area contributed by atoms with Crippen molar-refractivity contribution < 1.29 is 53.0 Å². The van der Waals surface area contributed by atoms with Crippen molar-refractivity contribution in [3.63, 3.8) is 0 Å². The molecule has 53 heavy (non-hydrogen) atoms. The molecule has 0 aromatic heterocycles. The van der Waals surface area contributed by atoms with Gasteiger partial charge in [-0.2, -0.15) is 0 Å². The molecule has 10 rings (SSSR count). The van der Waals surface area contributed by atoms with Crippen molar-refractivity contribution in [3.8, 4) is 28.7 Å². The predicted molar refractivity (Wildman–Crippen MR) is 192 cm³/mol. The Hall–Kier alpha value is -4.76. The highest BCUT2D eigenvalue weighted by molar-refractivity contribution is 7.99. The van der Waals surface area contributed by atoms with Gasteiger partial charge in [-0.3, -0.25) is 14.6 Å². The van der Waals surface area contributed by atoms with E-state index in [-0.39, 0.29) is 43.6 Å². The zero-order chi connectivity index (χ0) is 37.3. The number of likely N-dealkylation sites (N-methyl/N-ethyl adjacent to an activating group) is 1. The Morgan fingerprint density at radius 1 is 1.06 bits per heavy atom. The molecule has 0 aliphatic carbocycles. The average molecular weight is 745 g/mol. The number of benzene rings is 3. The summed E-state index contributed by atoms with van der Waals surface area (Å²) in [6, 6.07) is 9.19. The van der Waals surface area contributed by atoms with Crippen LogP contribution in [-0.2, 0) is 30.3 Å². The van der Waals surface area contributed by atoms with Crippen LogP contribution < -0.4 is 18.9 Å². The molecule has 7 atom stereocenters. The van der Waals surface area contributed by atoms with Crippen molar-refractivity contribution in [2.75, 3.05) is 39.9 Å². The van der Waals surface area contributed by atoms with Crippen molar-refractivity contribution in [2.24, 2.45) is 0 Å². The molecule has 0 saturated carbocycles. The maximum atomic E-state index is 13.8. The molecule has 14 heteroatoms. The molecule has 0 radical (unpaired) electrons. The molecule has 3 aromatic rings. The third kappa shape index (κ3) is 5.70. The van der Waals surface area contributed by atoms with E-state index in [1.54, 1.807) is 13.0 Å². The van der Waals surface area contributed by atoms with Gasteiger partial charge in [0.05, 0.1) is 24.4 Å². The fourth-order valence-electron chi connectivity index (χ4n) is 8.88. The maximum Gasteiger partial charge on any atom is 0.348 e. The van der Waals surface area contributed by atoms with Gasteiger partial charge in [0.25, 0.3) is 0 Å². The van der Waals surface area contributed by atoms with Crippen LogP contribution in [0.4, 0.5) is 0 Å². The van der Waals surface area contributed by atoms with Crippen molar-refractivity contribution in [1.82, 2.24) is 9.80 Å². The molecule has 7 heterocycles. The molecular weight excluding hydrogens is 704 g/mol. The molecule has 2 saturated heterocycles. The van der Waals surface area contributed by atoms with Gasteiger partial charge in [0.2, 0.25) is 12.9 Å². The van der Waals surface area contributed by atoms with Crippen molar-refractivity contribution in [3.05, 3.63) is 81.4 Å². The molecule has 2 fully saturated rings. The lowest BCUT2D eigenvalue weighted by Gasteiger charge is -2.60. The molecule has 0 spiro atoms. The Morgan fingerprint density at radius 2 is 1.81 bits per heavy atom. The number of rotatable bonds is 5. The van der Waals surface area contributed by atoms with E-state index in [9.17, 15) is 24.6 Å². The zero-order valence-corrected chi connectivity index (χ0v) is 30.7. The highest BCUT2D eigenvalue weighted by Crippen LogP contribution is 2.64. The monoisotopic (exact) mass is 744 g/mol. The Bertz CT molecular complexity index is 2050. The van der Waals surface area contributed by atoms with Gasteiger partial charge in [0.15, 0.2) is 23.0 Å². The van der Waals surface area contributed by atoms with E-state index in [2.05, 4.69) is 0 Å². The van der Waals surface area contributed by atoms with Crippen LogP contribution in [0, 0.1) is 13.8 Å². The summed E-state index contributed by atoms with van der Waals surface area (Å²) in [7, 11) is 3.40. The number of ether oxygens (including phenoxy) is 6. The largest absolute Gasteiger partial charge is 0.504 e. The number of esters is 3. The van der Waals surface area contributed by atoms with Crippen LogP contribution in [0.5, 0.6) is 28.7 Å². The number of methoxy groups -OCH3 is 1. The van der Waals surface area contributed by atoms with E-state index in [1.165, 1.54) is 31.9 Å². The summed E-state index contributed by atoms with van der Waals surface area (Å²) < 4.78 is 35.5. The van der Waals surface area contributed by atoms with Gasteiger partial charge in [-0.25, -0.2) is 9.59 Å². The number of piperazine rings is 1. The first kappa shape index (κ1) is 35.3. The fourth-order valence-corrected chi connectivity index (χ4v) is 10.3. The van der Waals surface area contributed by atoms with Crippen LogP contribution in [0.3, 0.4) is 0 Å². The Morgan fingerprint density at radius 3 is 2.55 bits per heavy atom. The fraction of sp³-hybridized carbons (Fsp3) is 0.410. The summed E-state index contributed by atoms with van der Waals surface area (Å²) in [6.07, 6.45) is 1.73. The summed E-state index contributed by atoms with van der Waals surface area (Å²) in [4.78, 5) is 43.7. The molecule has 7 aliphatic heterocycles. The first-order valence-electron chi connectivity index (χ1n) is 17.4. The second-order valence-electron chi connectivity index (χ2n) is 14.1. The summed E-state index contributed by atoms with van der Waals surface area (Å²) in [6.45, 7) is 4.80. The SMILES string of the molecule is COc1c(C)cc2c(c1O)[C@@H]1C3[C@@H]4SC[C@H](OC(=O)/C=C/c5ccccc5)C(=O)OCC(c5c6c(c(C)c(OC(C)=O)c54)OCO6)N3[C@](O)(C2)CN1C. The molecule has 4 bridgehead atoms. The number of aromatic hydroxyl groups is 1. The normalized spacial score (nSPS) is 28.4. The van der Waals surface area contributed by atoms with E-state index in [0.29, 0.717) is 45.1 Å². The van der Waals surface area contributed by atoms with Gasteiger partial charge >= 0.3 is 17.9 Å². The number of phenols is 1. The van der Waals surface area contributed by atoms with Crippen molar-refractivity contribution >= 4 is 35.7 Å². The number of carbonyl (C=O) groups is 3. The van der Waals surface area contributed by atoms with Gasteiger partial charge in [-0.15, -0.1) is 11.8 Å². The van der Waals surface area contributed by atoms with E-state index in [0.717, 1.165) is 11.1 Å². The minimum absolute atomic E-state index is 0.0193. The molecule has 3 unspecified atom stereocenters. The van der Waals surface area contributed by atoms with E-state index in [1.807, 2.05) is 60.2 Å². The third-order valence-electron chi connectivity index (χ3n) is 10.8. The maximum absolute atomic E-state index is 13.8. The van der Waals surface area contributed by atoms with Crippen LogP contribution in [0.25, 0.3) is 6.08 Å². The summed E-state index contributed by atoms with van der Waals surface area (Å²) in [5, 5.41) is 24.2. The standard InChI is InChI=1S/C39H40N2O11S/c1-19-13-23-14-39(46)17-40(4)30(27(23)32(44)33(19)47-5)31-37-29-28(36-35(49-18-50-36)20(2)34(29)51-21(3)42)24(41(31)39)15-48-38(45)25(16-53-37)52-26(43)12-11-22-9-7-6-8-10-22/h6-13,24-25,30-31,37,44,46H,14-18H2,1-5H3/b12-11+/t24?,25-,30+,31?,37+,39-/m0/s1. The van der Waals surface area contributed by atoms with Crippen LogP contribution in [0.1, 0.15) is 63.2 Å². The number of hydrogen-bond donors (Lipinski definition) is 2. The highest BCUT2D eigenvalue weighted by Gasteiger charge is 2.63. The molecule has 13 nitrogen and oxygen atoms in total. The Kier molecular flexibility index (Phi) is 8.83. The quantitative estimate of drug-likeness (QED) is 0.217. The number of phenolic OH excluding ortho intramolecular Hbond substituents is 1. The van der Waals surface area contributed by atoms with Crippen LogP contribution in [0.15, 0.2) is 42.5 Å². The zero-order valence-electron chi connectivity index (χ0n) is 29.9. The van der Waals surface area contributed by atoms with Gasteiger partial charge in [-0.1, -0.05) is 36.4 Å². The number of fused-ring (bicyclic) bond motifs is 7. The molecule has 278 valence electrons. The first-order chi connectivity index (χ1) is 25.4. The average Bonchev–Trinajstić information content (AvgIpc) is 3.53. The number of carbonyl (C=O) groups excluding carboxylic acids is 3. The number of aliphatic hydroxyl groups is 1. The summed E-state index contributed by atoms with van der Waals surface area (Å²) in [5.74, 6) is -0.625. The molecule has 2 N–H and O–H groups in total. The number of thioether (sulfide) groups is 1. The van der Waals surface area contributed by atoms with Crippen LogP contribution in [0.2, 0.25) is 0 Å².